The van der Waals surface area contributed by atoms with Crippen molar-refractivity contribution in [3.8, 4) is 0 Å². The third kappa shape index (κ3) is 4.45. The summed E-state index contributed by atoms with van der Waals surface area (Å²) in [5, 5.41) is 20.2. The minimum absolute atomic E-state index is 0.406. The molecule has 1 unspecified atom stereocenters. The van der Waals surface area contributed by atoms with Crippen LogP contribution in [0.5, 0.6) is 0 Å². The maximum atomic E-state index is 13.1. The van der Waals surface area contributed by atoms with Crippen LogP contribution in [-0.4, -0.2) is 34.8 Å². The fraction of sp³-hybridized carbons (Fsp3) is 0.385. The van der Waals surface area contributed by atoms with Crippen molar-refractivity contribution >= 4 is 11.9 Å². The molecule has 21 heavy (non-hydrogen) atoms. The van der Waals surface area contributed by atoms with Gasteiger partial charge in [-0.15, -0.1) is 0 Å². The third-order valence-electron chi connectivity index (χ3n) is 2.83. The fourth-order valence-electron chi connectivity index (χ4n) is 1.62. The Balaban J connectivity index is 2.82. The van der Waals surface area contributed by atoms with Gasteiger partial charge in [-0.25, -0.2) is 0 Å². The largest absolute Gasteiger partial charge is 0.481 e. The van der Waals surface area contributed by atoms with Gasteiger partial charge in [-0.2, -0.15) is 13.2 Å². The Bertz CT molecular complexity index is 504. The van der Waals surface area contributed by atoms with Gasteiger partial charge >= 0.3 is 12.1 Å². The quantitative estimate of drug-likeness (QED) is 0.742. The van der Waals surface area contributed by atoms with Gasteiger partial charge in [-0.3, -0.25) is 9.59 Å². The molecular formula is C13H14F3NO4. The SMILES string of the molecule is O=C(O)CCC(=O)NCC(O)(c1ccccc1)C(F)(F)F. The lowest BCUT2D eigenvalue weighted by Gasteiger charge is -2.31. The summed E-state index contributed by atoms with van der Waals surface area (Å²) in [7, 11) is 0. The Morgan fingerprint density at radius 3 is 2.14 bits per heavy atom. The minimum atomic E-state index is -4.99. The van der Waals surface area contributed by atoms with Crippen molar-refractivity contribution in [3.63, 3.8) is 0 Å². The van der Waals surface area contributed by atoms with Gasteiger partial charge in [0.15, 0.2) is 0 Å². The number of rotatable bonds is 6. The van der Waals surface area contributed by atoms with E-state index in [4.69, 9.17) is 5.11 Å². The van der Waals surface area contributed by atoms with Gasteiger partial charge in [-0.1, -0.05) is 30.3 Å². The standard InChI is InChI=1S/C13H14F3NO4/c14-13(15,16)12(21,9-4-2-1-3-5-9)8-17-10(18)6-7-11(19)20/h1-5,21H,6-8H2,(H,17,18)(H,19,20). The molecule has 3 N–H and O–H groups in total. The predicted octanol–water partition coefficient (Wildman–Crippen LogP) is 1.42. The monoisotopic (exact) mass is 305 g/mol. The van der Waals surface area contributed by atoms with Crippen LogP contribution in [0.1, 0.15) is 18.4 Å². The molecule has 116 valence electrons. The summed E-state index contributed by atoms with van der Waals surface area (Å²) < 4.78 is 39.2. The van der Waals surface area contributed by atoms with Crippen molar-refractivity contribution in [3.05, 3.63) is 35.9 Å². The van der Waals surface area contributed by atoms with Crippen LogP contribution in [0.25, 0.3) is 0 Å². The van der Waals surface area contributed by atoms with Crippen LogP contribution in [-0.2, 0) is 15.2 Å². The minimum Gasteiger partial charge on any atom is -0.481 e. The van der Waals surface area contributed by atoms with E-state index in [-0.39, 0.29) is 0 Å². The molecule has 1 rings (SSSR count). The van der Waals surface area contributed by atoms with Crippen LogP contribution in [0.2, 0.25) is 0 Å². The van der Waals surface area contributed by atoms with Crippen LogP contribution < -0.4 is 5.32 Å². The normalized spacial score (nSPS) is 14.3. The molecule has 1 atom stereocenters. The molecule has 1 aromatic carbocycles. The summed E-state index contributed by atoms with van der Waals surface area (Å²) in [6.45, 7) is -1.08. The molecule has 0 spiro atoms. The third-order valence-corrected chi connectivity index (χ3v) is 2.83. The number of alkyl halides is 3. The van der Waals surface area contributed by atoms with E-state index in [9.17, 15) is 27.9 Å². The smallest absolute Gasteiger partial charge is 0.423 e. The van der Waals surface area contributed by atoms with Crippen LogP contribution in [0, 0.1) is 0 Å². The van der Waals surface area contributed by atoms with Gasteiger partial charge in [-0.05, 0) is 5.56 Å². The van der Waals surface area contributed by atoms with Crippen LogP contribution in [0.3, 0.4) is 0 Å². The van der Waals surface area contributed by atoms with E-state index in [1.54, 1.807) is 0 Å². The molecule has 0 heterocycles. The summed E-state index contributed by atoms with van der Waals surface area (Å²) in [5.41, 5.74) is -3.64. The first-order chi connectivity index (χ1) is 9.67. The van der Waals surface area contributed by atoms with Crippen LogP contribution >= 0.6 is 0 Å². The van der Waals surface area contributed by atoms with Gasteiger partial charge in [0.2, 0.25) is 11.5 Å². The zero-order valence-corrected chi connectivity index (χ0v) is 10.9. The number of aliphatic carboxylic acids is 1. The van der Waals surface area contributed by atoms with Gasteiger partial charge in [0.25, 0.3) is 0 Å². The highest BCUT2D eigenvalue weighted by molar-refractivity contribution is 5.80. The lowest BCUT2D eigenvalue weighted by atomic mass is 9.93. The number of hydrogen-bond donors (Lipinski definition) is 3. The molecule has 5 nitrogen and oxygen atoms in total. The average molecular weight is 305 g/mol. The molecule has 0 fully saturated rings. The second-order valence-electron chi connectivity index (χ2n) is 4.39. The highest BCUT2D eigenvalue weighted by Crippen LogP contribution is 2.38. The van der Waals surface area contributed by atoms with E-state index in [2.05, 4.69) is 0 Å². The number of carbonyl (C=O) groups is 2. The Kier molecular flexibility index (Phi) is 5.31. The molecule has 8 heteroatoms. The Labute approximate surface area is 118 Å². The van der Waals surface area contributed by atoms with E-state index in [0.29, 0.717) is 0 Å². The molecular weight excluding hydrogens is 291 g/mol. The number of amides is 1. The summed E-state index contributed by atoms with van der Waals surface area (Å²) in [4.78, 5) is 21.6. The summed E-state index contributed by atoms with van der Waals surface area (Å²) >= 11 is 0. The van der Waals surface area contributed by atoms with Crippen molar-refractivity contribution in [2.24, 2.45) is 0 Å². The number of carboxylic acid groups (broad SMARTS) is 1. The number of aliphatic hydroxyl groups is 1. The molecule has 0 aliphatic carbocycles. The molecule has 1 aromatic rings. The van der Waals surface area contributed by atoms with Crippen LogP contribution in [0.15, 0.2) is 30.3 Å². The summed E-state index contributed by atoms with van der Waals surface area (Å²) in [6, 6.07) is 6.34. The number of carboxylic acids is 1. The zero-order chi connectivity index (χ0) is 16.1. The molecule has 0 saturated carbocycles. The molecule has 0 aliphatic heterocycles. The number of benzene rings is 1. The number of halogens is 3. The Morgan fingerprint density at radius 2 is 1.67 bits per heavy atom. The molecule has 0 radical (unpaired) electrons. The average Bonchev–Trinajstić information content (AvgIpc) is 2.42. The van der Waals surface area contributed by atoms with E-state index in [0.717, 1.165) is 12.1 Å². The number of hydrogen-bond acceptors (Lipinski definition) is 3. The Morgan fingerprint density at radius 1 is 1.10 bits per heavy atom. The predicted molar refractivity (Wildman–Crippen MR) is 66.3 cm³/mol. The topological polar surface area (TPSA) is 86.6 Å². The molecule has 0 aromatic heterocycles. The number of carbonyl (C=O) groups excluding carboxylic acids is 1. The van der Waals surface area contributed by atoms with Gasteiger partial charge in [0.05, 0.1) is 13.0 Å². The van der Waals surface area contributed by atoms with Crippen molar-refractivity contribution in [2.75, 3.05) is 6.54 Å². The number of nitrogens with one attached hydrogen (secondary N) is 1. The van der Waals surface area contributed by atoms with Crippen molar-refractivity contribution in [2.45, 2.75) is 24.6 Å². The second kappa shape index (κ2) is 6.57. The molecule has 0 aliphatic rings. The lowest BCUT2D eigenvalue weighted by Crippen LogP contribution is -2.51. The maximum absolute atomic E-state index is 13.1. The zero-order valence-electron chi connectivity index (χ0n) is 10.9. The van der Waals surface area contributed by atoms with Crippen molar-refractivity contribution in [1.29, 1.82) is 0 Å². The molecule has 0 bridgehead atoms. The van der Waals surface area contributed by atoms with E-state index >= 15 is 0 Å². The summed E-state index contributed by atoms with van der Waals surface area (Å²) in [6.07, 6.45) is -5.95. The lowest BCUT2D eigenvalue weighted by molar-refractivity contribution is -0.264. The Hall–Kier alpha value is -2.09. The second-order valence-corrected chi connectivity index (χ2v) is 4.39. The first kappa shape index (κ1) is 17.0. The van der Waals surface area contributed by atoms with Gasteiger partial charge in [0.1, 0.15) is 0 Å². The van der Waals surface area contributed by atoms with E-state index < -0.39 is 48.6 Å². The van der Waals surface area contributed by atoms with E-state index in [1.165, 1.54) is 18.2 Å². The first-order valence-electron chi connectivity index (χ1n) is 6.00. The highest BCUT2D eigenvalue weighted by atomic mass is 19.4. The van der Waals surface area contributed by atoms with Gasteiger partial charge in [0, 0.05) is 6.42 Å². The molecule has 0 saturated heterocycles. The first-order valence-corrected chi connectivity index (χ1v) is 6.00. The van der Waals surface area contributed by atoms with Crippen molar-refractivity contribution in [1.82, 2.24) is 5.32 Å². The van der Waals surface area contributed by atoms with E-state index in [1.807, 2.05) is 5.32 Å². The summed E-state index contributed by atoms with van der Waals surface area (Å²) in [5.74, 6) is -2.12. The maximum Gasteiger partial charge on any atom is 0.423 e. The highest BCUT2D eigenvalue weighted by Gasteiger charge is 2.55. The van der Waals surface area contributed by atoms with Crippen LogP contribution in [0.4, 0.5) is 13.2 Å². The van der Waals surface area contributed by atoms with Gasteiger partial charge < -0.3 is 15.5 Å². The fourth-order valence-corrected chi connectivity index (χ4v) is 1.62. The molecule has 1 amide bonds. The van der Waals surface area contributed by atoms with Crippen molar-refractivity contribution < 1.29 is 33.0 Å².